The summed E-state index contributed by atoms with van der Waals surface area (Å²) in [4.78, 5) is 14.0. The zero-order valence-corrected chi connectivity index (χ0v) is 21.4. The molecule has 0 aliphatic carbocycles. The molecule has 1 aliphatic rings. The van der Waals surface area contributed by atoms with E-state index in [-0.39, 0.29) is 30.0 Å². The number of aliphatic imine (C=N–C) groups is 1. The summed E-state index contributed by atoms with van der Waals surface area (Å²) in [5.41, 5.74) is 2.24. The smallest absolute Gasteiger partial charge is 0.191 e. The van der Waals surface area contributed by atoms with Crippen LogP contribution in [0.15, 0.2) is 29.3 Å². The van der Waals surface area contributed by atoms with Crippen molar-refractivity contribution in [2.75, 3.05) is 20.2 Å². The van der Waals surface area contributed by atoms with E-state index in [4.69, 9.17) is 9.73 Å². The van der Waals surface area contributed by atoms with Crippen LogP contribution < -0.4 is 10.6 Å². The van der Waals surface area contributed by atoms with Crippen LogP contribution in [0.2, 0.25) is 0 Å². The molecule has 0 bridgehead atoms. The number of ether oxygens (including phenoxy) is 1. The Kier molecular flexibility index (Phi) is 8.85. The molecule has 2 N–H and O–H groups in total. The average molecular weight is 552 g/mol. The number of hydrogen-bond acceptors (Lipinski definition) is 5. The first kappa shape index (κ1) is 24.4. The summed E-state index contributed by atoms with van der Waals surface area (Å²) in [5.74, 6) is 3.70. The van der Waals surface area contributed by atoms with E-state index in [1.807, 2.05) is 10.7 Å². The van der Waals surface area contributed by atoms with Crippen molar-refractivity contribution in [3.8, 4) is 0 Å². The Morgan fingerprint density at radius 1 is 1.28 bits per heavy atom. The van der Waals surface area contributed by atoms with Gasteiger partial charge in [-0.3, -0.25) is 4.99 Å². The van der Waals surface area contributed by atoms with Crippen LogP contribution in [0.5, 0.6) is 0 Å². The Labute approximate surface area is 206 Å². The van der Waals surface area contributed by atoms with Crippen molar-refractivity contribution in [1.82, 2.24) is 34.9 Å². The molecule has 0 spiro atoms. The molecule has 0 saturated heterocycles. The average Bonchev–Trinajstić information content (AvgIpc) is 3.30. The van der Waals surface area contributed by atoms with Crippen molar-refractivity contribution in [3.63, 3.8) is 0 Å². The van der Waals surface area contributed by atoms with Crippen LogP contribution in [0, 0.1) is 6.92 Å². The van der Waals surface area contributed by atoms with Gasteiger partial charge in [-0.2, -0.15) is 5.10 Å². The van der Waals surface area contributed by atoms with Gasteiger partial charge in [-0.1, -0.05) is 12.1 Å². The number of rotatable bonds is 8. The minimum Gasteiger partial charge on any atom is -0.377 e. The lowest BCUT2D eigenvalue weighted by Crippen LogP contribution is -2.47. The van der Waals surface area contributed by atoms with Gasteiger partial charge >= 0.3 is 0 Å². The highest BCUT2D eigenvalue weighted by Crippen LogP contribution is 2.16. The highest BCUT2D eigenvalue weighted by atomic mass is 127. The zero-order chi connectivity index (χ0) is 21.6. The van der Waals surface area contributed by atoms with Crippen molar-refractivity contribution >= 4 is 41.0 Å². The standard InChI is InChI=1S/C22H32N8O.HI/c1-4-23-22(26-17-10-11-21-27-20(15-31-3)28-30(21)14-17)24-12-7-13-29-16(2)25-18-8-5-6-9-19(18)29;/h5-6,8-9,17H,4,7,10-15H2,1-3H3,(H2,23,24,26);1H. The minimum absolute atomic E-state index is 0. The van der Waals surface area contributed by atoms with E-state index < -0.39 is 0 Å². The maximum atomic E-state index is 5.15. The van der Waals surface area contributed by atoms with Crippen LogP contribution in [0.4, 0.5) is 0 Å². The number of para-hydroxylation sites is 2. The SMILES string of the molecule is CCNC(=NCCCn1c(C)nc2ccccc21)NC1CCc2nc(COC)nn2C1.I. The molecule has 0 amide bonds. The lowest BCUT2D eigenvalue weighted by molar-refractivity contribution is 0.177. The van der Waals surface area contributed by atoms with E-state index in [9.17, 15) is 0 Å². The van der Waals surface area contributed by atoms with Gasteiger partial charge < -0.3 is 19.9 Å². The highest BCUT2D eigenvalue weighted by Gasteiger charge is 2.22. The number of aryl methyl sites for hydroxylation is 3. The van der Waals surface area contributed by atoms with Gasteiger partial charge in [-0.15, -0.1) is 24.0 Å². The Balaban J connectivity index is 0.00000289. The fourth-order valence-corrected chi connectivity index (χ4v) is 4.08. The monoisotopic (exact) mass is 552 g/mol. The molecule has 0 radical (unpaired) electrons. The van der Waals surface area contributed by atoms with Gasteiger partial charge in [0.25, 0.3) is 0 Å². The second-order valence-electron chi connectivity index (χ2n) is 7.85. The molecule has 0 saturated carbocycles. The third-order valence-corrected chi connectivity index (χ3v) is 5.52. The van der Waals surface area contributed by atoms with Crippen LogP contribution in [0.25, 0.3) is 11.0 Å². The van der Waals surface area contributed by atoms with Gasteiger partial charge in [0.1, 0.15) is 18.3 Å². The van der Waals surface area contributed by atoms with Crippen LogP contribution in [0.1, 0.15) is 37.2 Å². The van der Waals surface area contributed by atoms with Crippen molar-refractivity contribution in [2.45, 2.75) is 58.8 Å². The molecule has 174 valence electrons. The maximum absolute atomic E-state index is 5.15. The van der Waals surface area contributed by atoms with E-state index in [0.717, 1.165) is 74.4 Å². The molecule has 1 aromatic carbocycles. The number of hydrogen-bond donors (Lipinski definition) is 2. The molecule has 32 heavy (non-hydrogen) atoms. The van der Waals surface area contributed by atoms with Crippen molar-refractivity contribution < 1.29 is 4.74 Å². The summed E-state index contributed by atoms with van der Waals surface area (Å²) in [7, 11) is 1.67. The van der Waals surface area contributed by atoms with Gasteiger partial charge in [-0.05, 0) is 38.8 Å². The van der Waals surface area contributed by atoms with Crippen molar-refractivity contribution in [3.05, 3.63) is 41.7 Å². The van der Waals surface area contributed by atoms with Gasteiger partial charge in [0, 0.05) is 39.2 Å². The summed E-state index contributed by atoms with van der Waals surface area (Å²) in [5, 5.41) is 11.5. The molecule has 0 fully saturated rings. The van der Waals surface area contributed by atoms with Crippen molar-refractivity contribution in [2.24, 2.45) is 4.99 Å². The highest BCUT2D eigenvalue weighted by molar-refractivity contribution is 14.0. The van der Waals surface area contributed by atoms with Crippen LogP contribution in [-0.2, 0) is 30.9 Å². The molecule has 2 aromatic heterocycles. The molecule has 3 heterocycles. The molecule has 9 nitrogen and oxygen atoms in total. The van der Waals surface area contributed by atoms with Crippen LogP contribution in [-0.4, -0.2) is 56.5 Å². The zero-order valence-electron chi connectivity index (χ0n) is 19.0. The lowest BCUT2D eigenvalue weighted by atomic mass is 10.1. The molecular formula is C22H33IN8O. The summed E-state index contributed by atoms with van der Waals surface area (Å²) in [6, 6.07) is 8.57. The number of imidazole rings is 1. The Morgan fingerprint density at radius 3 is 2.94 bits per heavy atom. The van der Waals surface area contributed by atoms with E-state index in [2.05, 4.69) is 62.3 Å². The molecule has 1 unspecified atom stereocenters. The number of nitrogens with zero attached hydrogens (tertiary/aromatic N) is 6. The number of fused-ring (bicyclic) bond motifs is 2. The predicted octanol–water partition coefficient (Wildman–Crippen LogP) is 2.66. The molecular weight excluding hydrogens is 519 g/mol. The second-order valence-corrected chi connectivity index (χ2v) is 7.85. The topological polar surface area (TPSA) is 94.2 Å². The first-order chi connectivity index (χ1) is 15.2. The first-order valence-corrected chi connectivity index (χ1v) is 11.1. The molecule has 3 aromatic rings. The number of aromatic nitrogens is 5. The number of guanidine groups is 1. The number of nitrogens with one attached hydrogen (secondary N) is 2. The third kappa shape index (κ3) is 5.77. The summed E-state index contributed by atoms with van der Waals surface area (Å²) >= 11 is 0. The molecule has 10 heteroatoms. The molecule has 4 rings (SSSR count). The van der Waals surface area contributed by atoms with Crippen molar-refractivity contribution in [1.29, 1.82) is 0 Å². The largest absolute Gasteiger partial charge is 0.377 e. The van der Waals surface area contributed by atoms with Gasteiger partial charge in [0.15, 0.2) is 11.8 Å². The van der Waals surface area contributed by atoms with E-state index in [1.54, 1.807) is 7.11 Å². The number of benzene rings is 1. The lowest BCUT2D eigenvalue weighted by Gasteiger charge is -2.25. The Bertz CT molecular complexity index is 1040. The fourth-order valence-electron chi connectivity index (χ4n) is 4.08. The summed E-state index contributed by atoms with van der Waals surface area (Å²) in [6.07, 6.45) is 2.87. The molecule has 1 atom stereocenters. The fraction of sp³-hybridized carbons (Fsp3) is 0.545. The van der Waals surface area contributed by atoms with E-state index in [1.165, 1.54) is 5.52 Å². The summed E-state index contributed by atoms with van der Waals surface area (Å²) < 4.78 is 9.42. The van der Waals surface area contributed by atoms with Gasteiger partial charge in [-0.25, -0.2) is 14.6 Å². The number of methoxy groups -OCH3 is 1. The third-order valence-electron chi connectivity index (χ3n) is 5.52. The Hall–Kier alpha value is -2.21. The van der Waals surface area contributed by atoms with Crippen LogP contribution >= 0.6 is 24.0 Å². The molecule has 1 aliphatic heterocycles. The van der Waals surface area contributed by atoms with Gasteiger partial charge in [0.05, 0.1) is 17.6 Å². The maximum Gasteiger partial charge on any atom is 0.191 e. The quantitative estimate of drug-likeness (QED) is 0.193. The minimum atomic E-state index is 0. The normalized spacial score (nSPS) is 16.0. The van der Waals surface area contributed by atoms with E-state index in [0.29, 0.717) is 6.61 Å². The van der Waals surface area contributed by atoms with E-state index >= 15 is 0 Å². The van der Waals surface area contributed by atoms with Gasteiger partial charge in [0.2, 0.25) is 0 Å². The Morgan fingerprint density at radius 2 is 2.12 bits per heavy atom. The predicted molar refractivity (Wildman–Crippen MR) is 136 cm³/mol. The second kappa shape index (κ2) is 11.6. The summed E-state index contributed by atoms with van der Waals surface area (Å²) in [6.45, 7) is 7.88. The van der Waals surface area contributed by atoms with Crippen LogP contribution in [0.3, 0.4) is 0 Å². The first-order valence-electron chi connectivity index (χ1n) is 11.1. The number of halogens is 1.